The average molecular weight is 593 g/mol. The third kappa shape index (κ3) is 5.21. The summed E-state index contributed by atoms with van der Waals surface area (Å²) >= 11 is 14.4. The Morgan fingerprint density at radius 3 is 2.33 bits per heavy atom. The van der Waals surface area contributed by atoms with E-state index in [0.29, 0.717) is 17.9 Å². The first-order chi connectivity index (χ1) is 15.8. The van der Waals surface area contributed by atoms with Crippen LogP contribution < -0.4 is 15.0 Å². The minimum absolute atomic E-state index is 0.0333. The SMILES string of the molecule is O=C1NC(=O)N(c2cccc(Cl)c2Cl)C(=O)/C1=C/c1ccc(OCc2ccc(I)cc2)cc1. The Labute approximate surface area is 213 Å². The van der Waals surface area contributed by atoms with Gasteiger partial charge in [0.2, 0.25) is 0 Å². The van der Waals surface area contributed by atoms with Gasteiger partial charge in [0.1, 0.15) is 17.9 Å². The van der Waals surface area contributed by atoms with E-state index in [1.54, 1.807) is 30.3 Å². The Morgan fingerprint density at radius 2 is 1.64 bits per heavy atom. The zero-order valence-corrected chi connectivity index (χ0v) is 20.5. The summed E-state index contributed by atoms with van der Waals surface area (Å²) in [6.07, 6.45) is 1.40. The van der Waals surface area contributed by atoms with Crippen LogP contribution in [-0.2, 0) is 16.2 Å². The number of carbonyl (C=O) groups is 3. The van der Waals surface area contributed by atoms with Crippen LogP contribution in [0.1, 0.15) is 11.1 Å². The molecule has 4 amide bonds. The number of nitrogens with one attached hydrogen (secondary N) is 1. The number of rotatable bonds is 5. The fraction of sp³-hybridized carbons (Fsp3) is 0.0417. The summed E-state index contributed by atoms with van der Waals surface area (Å²) in [4.78, 5) is 38.5. The minimum Gasteiger partial charge on any atom is -0.489 e. The van der Waals surface area contributed by atoms with Crippen molar-refractivity contribution in [3.63, 3.8) is 0 Å². The standard InChI is InChI=1S/C24H15Cl2IN2O4/c25-19-2-1-3-20(21(19)26)29-23(31)18(22(30)28-24(29)32)12-14-6-10-17(11-7-14)33-13-15-4-8-16(27)9-5-15/h1-12H,13H2,(H,28,30,32)/b18-12+. The van der Waals surface area contributed by atoms with Gasteiger partial charge in [-0.2, -0.15) is 0 Å². The van der Waals surface area contributed by atoms with Crippen LogP contribution >= 0.6 is 45.8 Å². The van der Waals surface area contributed by atoms with Crippen LogP contribution in [0.4, 0.5) is 10.5 Å². The van der Waals surface area contributed by atoms with Crippen molar-refractivity contribution in [2.75, 3.05) is 4.90 Å². The van der Waals surface area contributed by atoms with Crippen LogP contribution in [0.3, 0.4) is 0 Å². The van der Waals surface area contributed by atoms with Crippen molar-refractivity contribution in [3.05, 3.63) is 97.0 Å². The number of benzene rings is 3. The predicted octanol–water partition coefficient (Wildman–Crippen LogP) is 5.84. The Hall–Kier alpha value is -2.88. The molecule has 1 saturated heterocycles. The number of barbiturate groups is 1. The van der Waals surface area contributed by atoms with Crippen LogP contribution in [0.25, 0.3) is 6.08 Å². The third-order valence-corrected chi connectivity index (χ3v) is 6.31. The summed E-state index contributed by atoms with van der Waals surface area (Å²) < 4.78 is 6.93. The van der Waals surface area contributed by atoms with Gasteiger partial charge in [0.15, 0.2) is 0 Å². The van der Waals surface area contributed by atoms with E-state index >= 15 is 0 Å². The Bertz CT molecular complexity index is 1270. The van der Waals surface area contributed by atoms with E-state index in [0.717, 1.165) is 14.0 Å². The molecule has 4 rings (SSSR count). The highest BCUT2D eigenvalue weighted by molar-refractivity contribution is 14.1. The molecule has 0 atom stereocenters. The molecule has 33 heavy (non-hydrogen) atoms. The summed E-state index contributed by atoms with van der Waals surface area (Å²) in [6.45, 7) is 0.412. The zero-order valence-electron chi connectivity index (χ0n) is 16.8. The molecule has 0 aromatic heterocycles. The number of ether oxygens (including phenoxy) is 1. The summed E-state index contributed by atoms with van der Waals surface area (Å²) in [5, 5.41) is 2.37. The van der Waals surface area contributed by atoms with Gasteiger partial charge in [-0.15, -0.1) is 0 Å². The number of anilines is 1. The van der Waals surface area contributed by atoms with Crippen LogP contribution in [0, 0.1) is 3.57 Å². The smallest absolute Gasteiger partial charge is 0.336 e. The lowest BCUT2D eigenvalue weighted by Gasteiger charge is -2.27. The summed E-state index contributed by atoms with van der Waals surface area (Å²) in [5.74, 6) is -0.956. The molecule has 3 aromatic rings. The first kappa shape index (κ1) is 23.3. The quantitative estimate of drug-likeness (QED) is 0.229. The fourth-order valence-corrected chi connectivity index (χ4v) is 3.86. The first-order valence-electron chi connectivity index (χ1n) is 9.66. The van der Waals surface area contributed by atoms with Gasteiger partial charge in [0.05, 0.1) is 15.7 Å². The number of urea groups is 1. The fourth-order valence-electron chi connectivity index (χ4n) is 3.12. The molecule has 0 bridgehead atoms. The molecule has 9 heteroatoms. The molecule has 166 valence electrons. The van der Waals surface area contributed by atoms with Crippen LogP contribution in [0.5, 0.6) is 5.75 Å². The molecule has 1 N–H and O–H groups in total. The Kier molecular flexibility index (Phi) is 7.02. The van der Waals surface area contributed by atoms with Gasteiger partial charge < -0.3 is 4.74 Å². The average Bonchev–Trinajstić information content (AvgIpc) is 2.80. The van der Waals surface area contributed by atoms with Crippen molar-refractivity contribution in [3.8, 4) is 5.75 Å². The van der Waals surface area contributed by atoms with Crippen LogP contribution in [-0.4, -0.2) is 17.8 Å². The number of imide groups is 2. The van der Waals surface area contributed by atoms with E-state index in [-0.39, 0.29) is 21.3 Å². The number of carbonyl (C=O) groups excluding carboxylic acids is 3. The molecule has 0 unspecified atom stereocenters. The molecule has 0 aliphatic carbocycles. The topological polar surface area (TPSA) is 75.7 Å². The van der Waals surface area contributed by atoms with Crippen molar-refractivity contribution >= 4 is 75.4 Å². The molecule has 6 nitrogen and oxygen atoms in total. The van der Waals surface area contributed by atoms with Gasteiger partial charge in [0.25, 0.3) is 11.8 Å². The highest BCUT2D eigenvalue weighted by Crippen LogP contribution is 2.34. The van der Waals surface area contributed by atoms with Crippen LogP contribution in [0.15, 0.2) is 72.3 Å². The second-order valence-corrected chi connectivity index (χ2v) is 9.05. The molecule has 0 spiro atoms. The van der Waals surface area contributed by atoms with Crippen molar-refractivity contribution < 1.29 is 19.1 Å². The highest BCUT2D eigenvalue weighted by Gasteiger charge is 2.37. The summed E-state index contributed by atoms with van der Waals surface area (Å²) in [7, 11) is 0. The lowest BCUT2D eigenvalue weighted by atomic mass is 10.1. The van der Waals surface area contributed by atoms with Crippen molar-refractivity contribution in [1.29, 1.82) is 0 Å². The maximum atomic E-state index is 13.0. The van der Waals surface area contributed by atoms with E-state index < -0.39 is 17.8 Å². The first-order valence-corrected chi connectivity index (χ1v) is 11.5. The van der Waals surface area contributed by atoms with Crippen LogP contribution in [0.2, 0.25) is 10.0 Å². The van der Waals surface area contributed by atoms with Gasteiger partial charge in [0, 0.05) is 3.57 Å². The minimum atomic E-state index is -0.898. The number of amides is 4. The zero-order chi connectivity index (χ0) is 23.5. The monoisotopic (exact) mass is 592 g/mol. The Balaban J connectivity index is 1.54. The Morgan fingerprint density at radius 1 is 0.939 bits per heavy atom. The van der Waals surface area contributed by atoms with Crippen molar-refractivity contribution in [2.45, 2.75) is 6.61 Å². The number of hydrogen-bond donors (Lipinski definition) is 1. The maximum absolute atomic E-state index is 13.0. The molecule has 1 aliphatic rings. The third-order valence-electron chi connectivity index (χ3n) is 4.78. The van der Waals surface area contributed by atoms with Gasteiger partial charge in [-0.3, -0.25) is 14.9 Å². The highest BCUT2D eigenvalue weighted by atomic mass is 127. The van der Waals surface area contributed by atoms with E-state index in [1.165, 1.54) is 18.2 Å². The second-order valence-electron chi connectivity index (χ2n) is 7.01. The largest absolute Gasteiger partial charge is 0.489 e. The van der Waals surface area contributed by atoms with Gasteiger partial charge in [-0.25, -0.2) is 9.69 Å². The number of halogens is 3. The molecule has 1 heterocycles. The van der Waals surface area contributed by atoms with E-state index in [2.05, 4.69) is 27.9 Å². The number of hydrogen-bond acceptors (Lipinski definition) is 4. The molecule has 0 radical (unpaired) electrons. The number of nitrogens with zero attached hydrogens (tertiary/aromatic N) is 1. The van der Waals surface area contributed by atoms with Gasteiger partial charge >= 0.3 is 6.03 Å². The molecular weight excluding hydrogens is 578 g/mol. The summed E-state index contributed by atoms with van der Waals surface area (Å²) in [5.41, 5.74) is 1.50. The normalized spacial score (nSPS) is 15.1. The lowest BCUT2D eigenvalue weighted by molar-refractivity contribution is -0.122. The molecule has 0 saturated carbocycles. The van der Waals surface area contributed by atoms with E-state index in [4.69, 9.17) is 27.9 Å². The summed E-state index contributed by atoms with van der Waals surface area (Å²) in [6, 6.07) is 18.6. The van der Waals surface area contributed by atoms with Crippen molar-refractivity contribution in [2.24, 2.45) is 0 Å². The molecule has 1 aliphatic heterocycles. The molecule has 1 fully saturated rings. The van der Waals surface area contributed by atoms with E-state index in [1.807, 2.05) is 24.3 Å². The van der Waals surface area contributed by atoms with Gasteiger partial charge in [-0.05, 0) is 76.2 Å². The lowest BCUT2D eigenvalue weighted by Crippen LogP contribution is -2.54. The molecular formula is C24H15Cl2IN2O4. The van der Waals surface area contributed by atoms with Crippen molar-refractivity contribution in [1.82, 2.24) is 5.32 Å². The molecule has 3 aromatic carbocycles. The second kappa shape index (κ2) is 9.94. The van der Waals surface area contributed by atoms with E-state index in [9.17, 15) is 14.4 Å². The van der Waals surface area contributed by atoms with Gasteiger partial charge in [-0.1, -0.05) is 53.5 Å². The predicted molar refractivity (Wildman–Crippen MR) is 135 cm³/mol. The maximum Gasteiger partial charge on any atom is 0.336 e.